The fourth-order valence-corrected chi connectivity index (χ4v) is 4.23. The van der Waals surface area contributed by atoms with E-state index in [0.717, 1.165) is 32.0 Å². The van der Waals surface area contributed by atoms with Gasteiger partial charge in [-0.15, -0.1) is 0 Å². The van der Waals surface area contributed by atoms with Gasteiger partial charge in [-0.1, -0.05) is 0 Å². The van der Waals surface area contributed by atoms with Crippen molar-refractivity contribution in [3.05, 3.63) is 35.4 Å². The zero-order valence-corrected chi connectivity index (χ0v) is 12.7. The third-order valence-electron chi connectivity index (χ3n) is 5.33. The zero-order valence-electron chi connectivity index (χ0n) is 12.7. The van der Waals surface area contributed by atoms with Crippen molar-refractivity contribution in [3.63, 3.8) is 0 Å². The largest absolute Gasteiger partial charge is 0.316 e. The molecule has 2 fully saturated rings. The summed E-state index contributed by atoms with van der Waals surface area (Å²) in [6.45, 7) is 1.96. The number of hydrazone groups is 1. The molecule has 23 heavy (non-hydrogen) atoms. The summed E-state index contributed by atoms with van der Waals surface area (Å²) in [4.78, 5) is 12.8. The van der Waals surface area contributed by atoms with E-state index in [1.165, 1.54) is 17.1 Å². The van der Waals surface area contributed by atoms with Crippen LogP contribution in [0.3, 0.4) is 0 Å². The van der Waals surface area contributed by atoms with Crippen molar-refractivity contribution < 1.29 is 13.6 Å². The van der Waals surface area contributed by atoms with Crippen LogP contribution in [0.2, 0.25) is 0 Å². The zero-order chi connectivity index (χ0) is 16.0. The van der Waals surface area contributed by atoms with Crippen molar-refractivity contribution in [3.8, 4) is 0 Å². The van der Waals surface area contributed by atoms with E-state index in [4.69, 9.17) is 0 Å². The van der Waals surface area contributed by atoms with Crippen LogP contribution in [0.15, 0.2) is 23.3 Å². The topological polar surface area (TPSA) is 44.7 Å². The maximum atomic E-state index is 13.5. The Morgan fingerprint density at radius 1 is 1.13 bits per heavy atom. The van der Waals surface area contributed by atoms with E-state index < -0.39 is 17.7 Å². The van der Waals surface area contributed by atoms with Gasteiger partial charge < -0.3 is 5.32 Å². The number of hydrogen-bond acceptors (Lipinski definition) is 3. The maximum Gasteiger partial charge on any atom is 0.246 e. The Kier molecular flexibility index (Phi) is 3.64. The summed E-state index contributed by atoms with van der Waals surface area (Å²) >= 11 is 0. The second-order valence-electron chi connectivity index (χ2n) is 6.78. The van der Waals surface area contributed by atoms with Crippen LogP contribution in [0.1, 0.15) is 30.9 Å². The number of rotatable bonds is 2. The van der Waals surface area contributed by atoms with Gasteiger partial charge in [0.05, 0.1) is 6.04 Å². The summed E-state index contributed by atoms with van der Waals surface area (Å²) in [6.07, 6.45) is 3.91. The molecule has 1 amide bonds. The molecule has 1 N–H and O–H groups in total. The van der Waals surface area contributed by atoms with Gasteiger partial charge in [-0.2, -0.15) is 5.10 Å². The van der Waals surface area contributed by atoms with E-state index in [1.807, 2.05) is 0 Å². The number of benzene rings is 1. The first-order chi connectivity index (χ1) is 11.1. The lowest BCUT2D eigenvalue weighted by Gasteiger charge is -2.25. The molecule has 1 saturated carbocycles. The second-order valence-corrected chi connectivity index (χ2v) is 6.78. The van der Waals surface area contributed by atoms with E-state index in [9.17, 15) is 13.6 Å². The molecule has 1 aromatic carbocycles. The summed E-state index contributed by atoms with van der Waals surface area (Å²) in [7, 11) is 0. The van der Waals surface area contributed by atoms with E-state index in [0.29, 0.717) is 23.8 Å². The number of amides is 1. The summed E-state index contributed by atoms with van der Waals surface area (Å²) in [5, 5.41) is 8.99. The quantitative estimate of drug-likeness (QED) is 0.910. The minimum absolute atomic E-state index is 0.0113. The second kappa shape index (κ2) is 5.67. The molecule has 1 saturated heterocycles. The number of hydrogen-bond donors (Lipinski definition) is 1. The molecule has 0 aromatic heterocycles. The molecule has 4 atom stereocenters. The van der Waals surface area contributed by atoms with Crippen molar-refractivity contribution in [1.29, 1.82) is 0 Å². The van der Waals surface area contributed by atoms with E-state index >= 15 is 0 Å². The average molecular weight is 319 g/mol. The van der Waals surface area contributed by atoms with Crippen molar-refractivity contribution in [2.24, 2.45) is 22.9 Å². The Morgan fingerprint density at radius 3 is 2.43 bits per heavy atom. The normalized spacial score (nSPS) is 32.5. The van der Waals surface area contributed by atoms with E-state index in [1.54, 1.807) is 6.21 Å². The minimum atomic E-state index is -0.624. The van der Waals surface area contributed by atoms with Crippen LogP contribution in [0.5, 0.6) is 0 Å². The van der Waals surface area contributed by atoms with Crippen molar-refractivity contribution in [2.75, 3.05) is 13.1 Å². The molecule has 3 aliphatic rings. The molecule has 0 spiro atoms. The number of nitrogens with one attached hydrogen (secondary N) is 1. The fraction of sp³-hybridized carbons (Fsp3) is 0.529. The minimum Gasteiger partial charge on any atom is -0.316 e. The summed E-state index contributed by atoms with van der Waals surface area (Å²) < 4.78 is 27.0. The van der Waals surface area contributed by atoms with Crippen molar-refractivity contribution >= 4 is 12.1 Å². The van der Waals surface area contributed by atoms with Crippen LogP contribution < -0.4 is 5.32 Å². The first-order valence-electron chi connectivity index (χ1n) is 8.14. The van der Waals surface area contributed by atoms with E-state index in [2.05, 4.69) is 10.4 Å². The Balaban J connectivity index is 1.53. The fourth-order valence-electron chi connectivity index (χ4n) is 4.23. The van der Waals surface area contributed by atoms with Crippen LogP contribution in [-0.2, 0) is 4.79 Å². The third-order valence-corrected chi connectivity index (χ3v) is 5.33. The van der Waals surface area contributed by atoms with Crippen LogP contribution in [0.4, 0.5) is 8.78 Å². The maximum absolute atomic E-state index is 13.5. The molecule has 4 rings (SSSR count). The average Bonchev–Trinajstić information content (AvgIpc) is 3.20. The van der Waals surface area contributed by atoms with Gasteiger partial charge in [0.2, 0.25) is 5.91 Å². The molecule has 0 radical (unpaired) electrons. The van der Waals surface area contributed by atoms with Crippen molar-refractivity contribution in [1.82, 2.24) is 10.3 Å². The molecule has 6 heteroatoms. The first-order valence-corrected chi connectivity index (χ1v) is 8.14. The highest BCUT2D eigenvalue weighted by atomic mass is 19.1. The van der Waals surface area contributed by atoms with Crippen molar-refractivity contribution in [2.45, 2.75) is 25.3 Å². The summed E-state index contributed by atoms with van der Waals surface area (Å²) in [6, 6.07) is 3.02. The van der Waals surface area contributed by atoms with Gasteiger partial charge in [0, 0.05) is 24.6 Å². The van der Waals surface area contributed by atoms with E-state index in [-0.39, 0.29) is 11.8 Å². The van der Waals surface area contributed by atoms with Gasteiger partial charge >= 0.3 is 0 Å². The highest BCUT2D eigenvalue weighted by molar-refractivity contribution is 5.82. The first kappa shape index (κ1) is 14.8. The molecule has 2 aliphatic heterocycles. The Bertz CT molecular complexity index is 631. The SMILES string of the molecule is O=C(C1C[C@H]2CNC[C@H]2C1)N1N=CCC1c1cc(F)cc(F)c1. The van der Waals surface area contributed by atoms with Crippen LogP contribution in [0.25, 0.3) is 0 Å². The monoisotopic (exact) mass is 319 g/mol. The predicted octanol–water partition coefficient (Wildman–Crippen LogP) is 2.47. The van der Waals surface area contributed by atoms with Gasteiger partial charge in [0.25, 0.3) is 0 Å². The smallest absolute Gasteiger partial charge is 0.246 e. The Hall–Kier alpha value is -1.82. The molecule has 2 heterocycles. The lowest BCUT2D eigenvalue weighted by Crippen LogP contribution is -2.33. The highest BCUT2D eigenvalue weighted by Gasteiger charge is 2.43. The molecule has 1 aliphatic carbocycles. The van der Waals surface area contributed by atoms with Crippen LogP contribution >= 0.6 is 0 Å². The van der Waals surface area contributed by atoms with Gasteiger partial charge in [-0.25, -0.2) is 13.8 Å². The number of carbonyl (C=O) groups excluding carboxylic acids is 1. The third kappa shape index (κ3) is 2.65. The Labute approximate surface area is 133 Å². The predicted molar refractivity (Wildman–Crippen MR) is 81.6 cm³/mol. The molecule has 122 valence electrons. The molecule has 0 bridgehead atoms. The van der Waals surface area contributed by atoms with Gasteiger partial charge in [0.1, 0.15) is 11.6 Å². The van der Waals surface area contributed by atoms with Gasteiger partial charge in [-0.05, 0) is 55.5 Å². The lowest BCUT2D eigenvalue weighted by molar-refractivity contribution is -0.137. The number of nitrogens with zero attached hydrogens (tertiary/aromatic N) is 2. The molecular weight excluding hydrogens is 300 g/mol. The summed E-state index contributed by atoms with van der Waals surface area (Å²) in [5.74, 6) is -0.145. The van der Waals surface area contributed by atoms with Gasteiger partial charge in [0.15, 0.2) is 0 Å². The molecular formula is C17H19F2N3O. The standard InChI is InChI=1S/C17H19F2N3O/c18-14-5-10(6-15(19)7-14)16-1-2-21-22(16)17(23)11-3-12-8-20-9-13(12)4-11/h2,5-7,11-13,16,20H,1,3-4,8-9H2/t11?,12-,13+,16?. The Morgan fingerprint density at radius 2 is 1.78 bits per heavy atom. The van der Waals surface area contributed by atoms with Crippen LogP contribution in [-0.4, -0.2) is 30.2 Å². The lowest BCUT2D eigenvalue weighted by atomic mass is 10.0. The number of carbonyl (C=O) groups is 1. The van der Waals surface area contributed by atoms with Crippen LogP contribution in [0, 0.1) is 29.4 Å². The number of halogens is 2. The molecule has 1 aromatic rings. The highest BCUT2D eigenvalue weighted by Crippen LogP contribution is 2.41. The molecule has 4 nitrogen and oxygen atoms in total. The number of fused-ring (bicyclic) bond motifs is 1. The van der Waals surface area contributed by atoms with Gasteiger partial charge in [-0.3, -0.25) is 4.79 Å². The summed E-state index contributed by atoms with van der Waals surface area (Å²) in [5.41, 5.74) is 0.466. The molecule has 2 unspecified atom stereocenters.